The zero-order valence-corrected chi connectivity index (χ0v) is 17.8. The fourth-order valence-electron chi connectivity index (χ4n) is 3.23. The summed E-state index contributed by atoms with van der Waals surface area (Å²) in [5.74, 6) is 0.794. The SMILES string of the molecule is CCOC(=O)C(C)(C)n1cc(Nc2ncc3ccn(CC(CC)CC)c3n2)cn1. The summed E-state index contributed by atoms with van der Waals surface area (Å²) >= 11 is 0. The average molecular weight is 399 g/mol. The number of fused-ring (bicyclic) bond motifs is 1. The molecule has 0 spiro atoms. The topological polar surface area (TPSA) is 86.9 Å². The molecule has 0 atom stereocenters. The number of carbonyl (C=O) groups excluding carboxylic acids is 1. The molecule has 0 bridgehead atoms. The van der Waals surface area contributed by atoms with Gasteiger partial charge in [0, 0.05) is 30.5 Å². The van der Waals surface area contributed by atoms with Gasteiger partial charge in [0.25, 0.3) is 0 Å². The number of esters is 1. The molecule has 3 aromatic heterocycles. The van der Waals surface area contributed by atoms with Gasteiger partial charge in [0.2, 0.25) is 5.95 Å². The summed E-state index contributed by atoms with van der Waals surface area (Å²) in [7, 11) is 0. The summed E-state index contributed by atoms with van der Waals surface area (Å²) in [5, 5.41) is 8.51. The Morgan fingerprint density at radius 1 is 1.24 bits per heavy atom. The molecule has 8 heteroatoms. The van der Waals surface area contributed by atoms with Gasteiger partial charge < -0.3 is 14.6 Å². The maximum atomic E-state index is 12.2. The Bertz CT molecular complexity index is 971. The first-order chi connectivity index (χ1) is 13.9. The summed E-state index contributed by atoms with van der Waals surface area (Å²) in [4.78, 5) is 21.3. The summed E-state index contributed by atoms with van der Waals surface area (Å²) in [6.07, 6.45) is 9.58. The number of hydrogen-bond donors (Lipinski definition) is 1. The second-order valence-corrected chi connectivity index (χ2v) is 7.70. The van der Waals surface area contributed by atoms with Crippen molar-refractivity contribution in [2.45, 2.75) is 59.5 Å². The average Bonchev–Trinajstić information content (AvgIpc) is 3.33. The molecule has 0 aliphatic heterocycles. The normalized spacial score (nSPS) is 11.9. The highest BCUT2D eigenvalue weighted by Gasteiger charge is 2.32. The van der Waals surface area contributed by atoms with Crippen LogP contribution in [0.4, 0.5) is 11.6 Å². The van der Waals surface area contributed by atoms with Crippen molar-refractivity contribution < 1.29 is 9.53 Å². The lowest BCUT2D eigenvalue weighted by atomic mass is 10.0. The van der Waals surface area contributed by atoms with E-state index < -0.39 is 5.54 Å². The summed E-state index contributed by atoms with van der Waals surface area (Å²) in [6, 6.07) is 2.04. The summed E-state index contributed by atoms with van der Waals surface area (Å²) < 4.78 is 8.92. The van der Waals surface area contributed by atoms with Gasteiger partial charge in [0.15, 0.2) is 5.54 Å². The second kappa shape index (κ2) is 8.63. The minimum atomic E-state index is -0.898. The lowest BCUT2D eigenvalue weighted by Gasteiger charge is -2.22. The summed E-state index contributed by atoms with van der Waals surface area (Å²) in [5.41, 5.74) is 0.721. The van der Waals surface area contributed by atoms with E-state index in [1.807, 2.05) is 12.3 Å². The van der Waals surface area contributed by atoms with Crippen molar-refractivity contribution in [2.24, 2.45) is 5.92 Å². The van der Waals surface area contributed by atoms with E-state index >= 15 is 0 Å². The fraction of sp³-hybridized carbons (Fsp3) is 0.524. The first-order valence-corrected chi connectivity index (χ1v) is 10.2. The van der Waals surface area contributed by atoms with Crippen LogP contribution in [0.5, 0.6) is 0 Å². The molecule has 0 amide bonds. The Kier molecular flexibility index (Phi) is 6.20. The zero-order chi connectivity index (χ0) is 21.0. The van der Waals surface area contributed by atoms with Gasteiger partial charge in [-0.05, 0) is 32.8 Å². The molecule has 0 aliphatic rings. The minimum Gasteiger partial charge on any atom is -0.464 e. The Balaban J connectivity index is 1.80. The first kappa shape index (κ1) is 20.8. The van der Waals surface area contributed by atoms with E-state index in [0.717, 1.165) is 30.4 Å². The highest BCUT2D eigenvalue weighted by Crippen LogP contribution is 2.22. The third kappa shape index (κ3) is 4.41. The monoisotopic (exact) mass is 398 g/mol. The van der Waals surface area contributed by atoms with Crippen molar-refractivity contribution in [3.05, 3.63) is 30.9 Å². The van der Waals surface area contributed by atoms with Gasteiger partial charge in [-0.1, -0.05) is 26.7 Å². The van der Waals surface area contributed by atoms with Gasteiger partial charge in [-0.2, -0.15) is 10.1 Å². The summed E-state index contributed by atoms with van der Waals surface area (Å²) in [6.45, 7) is 11.0. The number of anilines is 2. The lowest BCUT2D eigenvalue weighted by Crippen LogP contribution is -2.37. The molecule has 0 aromatic carbocycles. The molecule has 156 valence electrons. The maximum absolute atomic E-state index is 12.2. The van der Waals surface area contributed by atoms with Crippen LogP contribution in [0.2, 0.25) is 0 Å². The van der Waals surface area contributed by atoms with E-state index in [-0.39, 0.29) is 5.97 Å². The molecule has 0 unspecified atom stereocenters. The van der Waals surface area contributed by atoms with Crippen LogP contribution in [0.25, 0.3) is 11.0 Å². The Morgan fingerprint density at radius 2 is 2.00 bits per heavy atom. The quantitative estimate of drug-likeness (QED) is 0.546. The standard InChI is InChI=1S/C21H30N6O2/c1-6-15(7-2)13-26-10-9-16-11-22-20(25-18(16)26)24-17-12-23-27(14-17)21(4,5)19(28)29-8-3/h9-12,14-15H,6-8,13H2,1-5H3,(H,22,24,25). The number of carbonyl (C=O) groups is 1. The maximum Gasteiger partial charge on any atom is 0.333 e. The highest BCUT2D eigenvalue weighted by molar-refractivity contribution is 5.78. The van der Waals surface area contributed by atoms with E-state index in [4.69, 9.17) is 9.72 Å². The molecule has 0 saturated carbocycles. The molecule has 0 aliphatic carbocycles. The van der Waals surface area contributed by atoms with Crippen LogP contribution in [-0.4, -0.2) is 36.9 Å². The fourth-order valence-corrected chi connectivity index (χ4v) is 3.23. The number of nitrogens with one attached hydrogen (secondary N) is 1. The Labute approximate surface area is 171 Å². The first-order valence-electron chi connectivity index (χ1n) is 10.2. The van der Waals surface area contributed by atoms with Crippen LogP contribution in [0.15, 0.2) is 30.9 Å². The third-order valence-corrected chi connectivity index (χ3v) is 5.30. The van der Waals surface area contributed by atoms with E-state index in [1.165, 1.54) is 0 Å². The zero-order valence-electron chi connectivity index (χ0n) is 17.8. The van der Waals surface area contributed by atoms with Gasteiger partial charge >= 0.3 is 5.97 Å². The van der Waals surface area contributed by atoms with Crippen molar-refractivity contribution in [1.29, 1.82) is 0 Å². The number of rotatable bonds is 9. The molecule has 0 radical (unpaired) electrons. The minimum absolute atomic E-state index is 0.327. The van der Waals surface area contributed by atoms with Gasteiger partial charge in [0.05, 0.1) is 18.5 Å². The van der Waals surface area contributed by atoms with Crippen molar-refractivity contribution in [3.63, 3.8) is 0 Å². The number of nitrogens with zero attached hydrogens (tertiary/aromatic N) is 5. The largest absolute Gasteiger partial charge is 0.464 e. The van der Waals surface area contributed by atoms with Gasteiger partial charge in [-0.15, -0.1) is 0 Å². The van der Waals surface area contributed by atoms with E-state index in [1.54, 1.807) is 37.8 Å². The number of hydrogen-bond acceptors (Lipinski definition) is 6. The Morgan fingerprint density at radius 3 is 2.69 bits per heavy atom. The van der Waals surface area contributed by atoms with Crippen LogP contribution in [0.1, 0.15) is 47.5 Å². The molecular formula is C21H30N6O2. The van der Waals surface area contributed by atoms with E-state index in [2.05, 4.69) is 40.0 Å². The second-order valence-electron chi connectivity index (χ2n) is 7.70. The lowest BCUT2D eigenvalue weighted by molar-refractivity contribution is -0.152. The van der Waals surface area contributed by atoms with Crippen molar-refractivity contribution >= 4 is 28.6 Å². The van der Waals surface area contributed by atoms with Crippen LogP contribution in [-0.2, 0) is 21.6 Å². The van der Waals surface area contributed by atoms with Gasteiger partial charge in [0.1, 0.15) is 5.65 Å². The smallest absolute Gasteiger partial charge is 0.333 e. The van der Waals surface area contributed by atoms with Crippen LogP contribution in [0.3, 0.4) is 0 Å². The molecule has 8 nitrogen and oxygen atoms in total. The van der Waals surface area contributed by atoms with Crippen LogP contribution in [0, 0.1) is 5.92 Å². The molecule has 1 N–H and O–H groups in total. The van der Waals surface area contributed by atoms with Crippen molar-refractivity contribution in [1.82, 2.24) is 24.3 Å². The van der Waals surface area contributed by atoms with Crippen LogP contribution < -0.4 is 5.32 Å². The third-order valence-electron chi connectivity index (χ3n) is 5.30. The molecule has 0 fully saturated rings. The Hall–Kier alpha value is -2.90. The molecule has 0 saturated heterocycles. The van der Waals surface area contributed by atoms with Crippen molar-refractivity contribution in [3.8, 4) is 0 Å². The molecule has 29 heavy (non-hydrogen) atoms. The molecule has 3 aromatic rings. The van der Waals surface area contributed by atoms with Gasteiger partial charge in [-0.3, -0.25) is 4.68 Å². The predicted octanol–water partition coefficient (Wildman–Crippen LogP) is 4.11. The van der Waals surface area contributed by atoms with E-state index in [9.17, 15) is 4.79 Å². The van der Waals surface area contributed by atoms with Crippen LogP contribution >= 0.6 is 0 Å². The number of ether oxygens (including phenoxy) is 1. The highest BCUT2D eigenvalue weighted by atomic mass is 16.5. The molecule has 3 rings (SSSR count). The molecular weight excluding hydrogens is 368 g/mol. The van der Waals surface area contributed by atoms with Gasteiger partial charge in [-0.25, -0.2) is 9.78 Å². The van der Waals surface area contributed by atoms with E-state index in [0.29, 0.717) is 24.2 Å². The van der Waals surface area contributed by atoms with Crippen molar-refractivity contribution in [2.75, 3.05) is 11.9 Å². The number of aromatic nitrogens is 5. The predicted molar refractivity (Wildman–Crippen MR) is 113 cm³/mol. The molecule has 3 heterocycles.